The molecule has 1 aromatic heterocycles. The fraction of sp³-hybridized carbons (Fsp3) is 0.571. The van der Waals surface area contributed by atoms with Gasteiger partial charge >= 0.3 is 0 Å². The average molecular weight is 292 g/mol. The summed E-state index contributed by atoms with van der Waals surface area (Å²) in [6, 6.07) is 4.33. The molecule has 2 heterocycles. The second-order valence-electron chi connectivity index (χ2n) is 6.16. The molecule has 6 heteroatoms. The van der Waals surface area contributed by atoms with Crippen LogP contribution < -0.4 is 11.1 Å². The van der Waals surface area contributed by atoms with Crippen LogP contribution in [0.5, 0.6) is 0 Å². The Morgan fingerprint density at radius 1 is 1.60 bits per heavy atom. The summed E-state index contributed by atoms with van der Waals surface area (Å²) in [5, 5.41) is 10.4. The lowest BCUT2D eigenvalue weighted by molar-refractivity contribution is -0.125. The SMILES string of the molecule is CN1C(C(=O)NCc2ccc(C(=N)N)s2)C[C@]2(C)CC12. The van der Waals surface area contributed by atoms with Crippen molar-refractivity contribution in [1.29, 1.82) is 5.41 Å². The van der Waals surface area contributed by atoms with E-state index in [2.05, 4.69) is 17.1 Å². The molecule has 1 saturated heterocycles. The molecule has 20 heavy (non-hydrogen) atoms. The molecular weight excluding hydrogens is 272 g/mol. The largest absolute Gasteiger partial charge is 0.383 e. The van der Waals surface area contributed by atoms with Crippen LogP contribution in [0, 0.1) is 10.8 Å². The van der Waals surface area contributed by atoms with Gasteiger partial charge in [-0.2, -0.15) is 0 Å². The minimum Gasteiger partial charge on any atom is -0.383 e. The first kappa shape index (κ1) is 13.6. The van der Waals surface area contributed by atoms with Gasteiger partial charge in [-0.3, -0.25) is 15.1 Å². The number of likely N-dealkylation sites (N-methyl/N-ethyl adjacent to an activating group) is 1. The number of nitrogens with one attached hydrogen (secondary N) is 2. The van der Waals surface area contributed by atoms with E-state index in [0.717, 1.165) is 16.2 Å². The van der Waals surface area contributed by atoms with Crippen LogP contribution in [0.3, 0.4) is 0 Å². The van der Waals surface area contributed by atoms with E-state index in [9.17, 15) is 4.79 Å². The van der Waals surface area contributed by atoms with Crippen molar-refractivity contribution in [3.8, 4) is 0 Å². The summed E-state index contributed by atoms with van der Waals surface area (Å²) in [5.41, 5.74) is 5.80. The average Bonchev–Trinajstić information content (AvgIpc) is 2.77. The van der Waals surface area contributed by atoms with Gasteiger partial charge in [-0.05, 0) is 37.4 Å². The first-order chi connectivity index (χ1) is 9.40. The smallest absolute Gasteiger partial charge is 0.237 e. The van der Waals surface area contributed by atoms with Crippen LogP contribution in [0.2, 0.25) is 0 Å². The summed E-state index contributed by atoms with van der Waals surface area (Å²) >= 11 is 1.46. The number of carbonyl (C=O) groups excluding carboxylic acids is 1. The topological polar surface area (TPSA) is 82.2 Å². The lowest BCUT2D eigenvalue weighted by Gasteiger charge is -2.21. The zero-order chi connectivity index (χ0) is 14.5. The number of rotatable bonds is 4. The number of amides is 1. The molecule has 1 amide bonds. The van der Waals surface area contributed by atoms with Crippen LogP contribution in [0.1, 0.15) is 29.5 Å². The van der Waals surface area contributed by atoms with Gasteiger partial charge in [0, 0.05) is 10.9 Å². The van der Waals surface area contributed by atoms with Gasteiger partial charge in [0.25, 0.3) is 0 Å². The van der Waals surface area contributed by atoms with E-state index >= 15 is 0 Å². The second kappa shape index (κ2) is 4.56. The van der Waals surface area contributed by atoms with E-state index in [-0.39, 0.29) is 17.8 Å². The highest BCUT2D eigenvalue weighted by molar-refractivity contribution is 7.14. The van der Waals surface area contributed by atoms with Crippen LogP contribution in [0.25, 0.3) is 0 Å². The number of fused-ring (bicyclic) bond motifs is 1. The molecule has 5 nitrogen and oxygen atoms in total. The Hall–Kier alpha value is -1.40. The minimum absolute atomic E-state index is 0.00555. The Morgan fingerprint density at radius 2 is 2.35 bits per heavy atom. The number of nitrogen functional groups attached to an aromatic ring is 1. The first-order valence-corrected chi connectivity index (χ1v) is 7.65. The fourth-order valence-corrected chi connectivity index (χ4v) is 4.04. The molecule has 0 bridgehead atoms. The molecular formula is C14H20N4OS. The number of piperidine rings is 1. The molecule has 2 unspecified atom stereocenters. The maximum absolute atomic E-state index is 12.3. The van der Waals surface area contributed by atoms with E-state index in [1.807, 2.05) is 19.2 Å². The summed E-state index contributed by atoms with van der Waals surface area (Å²) in [6.07, 6.45) is 2.18. The molecule has 2 fully saturated rings. The number of thiophene rings is 1. The predicted octanol–water partition coefficient (Wildman–Crippen LogP) is 1.13. The Balaban J connectivity index is 1.56. The van der Waals surface area contributed by atoms with Gasteiger partial charge in [-0.15, -0.1) is 11.3 Å². The summed E-state index contributed by atoms with van der Waals surface area (Å²) < 4.78 is 0. The zero-order valence-corrected chi connectivity index (χ0v) is 12.6. The Morgan fingerprint density at radius 3 is 2.90 bits per heavy atom. The molecule has 4 N–H and O–H groups in total. The molecule has 0 radical (unpaired) electrons. The maximum Gasteiger partial charge on any atom is 0.237 e. The Bertz CT molecular complexity index is 569. The van der Waals surface area contributed by atoms with Crippen molar-refractivity contribution in [1.82, 2.24) is 10.2 Å². The molecule has 2 aliphatic rings. The Kier molecular flexibility index (Phi) is 3.10. The summed E-state index contributed by atoms with van der Waals surface area (Å²) in [4.78, 5) is 16.3. The normalized spacial score (nSPS) is 31.9. The van der Waals surface area contributed by atoms with Gasteiger partial charge in [0.1, 0.15) is 5.84 Å². The van der Waals surface area contributed by atoms with Crippen LogP contribution >= 0.6 is 11.3 Å². The van der Waals surface area contributed by atoms with Gasteiger partial charge in [-0.25, -0.2) is 0 Å². The van der Waals surface area contributed by atoms with Gasteiger partial charge in [-0.1, -0.05) is 6.92 Å². The van der Waals surface area contributed by atoms with Crippen molar-refractivity contribution < 1.29 is 4.79 Å². The summed E-state index contributed by atoms with van der Waals surface area (Å²) in [7, 11) is 2.05. The van der Waals surface area contributed by atoms with Crippen molar-refractivity contribution in [3.05, 3.63) is 21.9 Å². The van der Waals surface area contributed by atoms with Gasteiger partial charge < -0.3 is 11.1 Å². The number of hydrogen-bond acceptors (Lipinski definition) is 4. The molecule has 0 aromatic carbocycles. The number of nitrogens with two attached hydrogens (primary N) is 1. The van der Waals surface area contributed by atoms with Crippen molar-refractivity contribution in [3.63, 3.8) is 0 Å². The number of likely N-dealkylation sites (tertiary alicyclic amines) is 1. The fourth-order valence-electron chi connectivity index (χ4n) is 3.23. The van der Waals surface area contributed by atoms with Crippen LogP contribution in [-0.2, 0) is 11.3 Å². The zero-order valence-electron chi connectivity index (χ0n) is 11.8. The van der Waals surface area contributed by atoms with Crippen LogP contribution in [0.15, 0.2) is 12.1 Å². The molecule has 3 rings (SSSR count). The minimum atomic E-state index is 0.00555. The standard InChI is InChI=1S/C14H20N4OS/c1-14-5-9(18(2)11(14)6-14)13(19)17-7-8-3-4-10(20-8)12(15)16/h3-4,9,11H,5-7H2,1-2H3,(H3,15,16)(H,17,19)/t9?,11?,14-/m1/s1. The lowest BCUT2D eigenvalue weighted by atomic mass is 10.0. The maximum atomic E-state index is 12.3. The van der Waals surface area contributed by atoms with E-state index in [0.29, 0.717) is 18.0 Å². The van der Waals surface area contributed by atoms with E-state index < -0.39 is 0 Å². The second-order valence-corrected chi connectivity index (χ2v) is 7.33. The lowest BCUT2D eigenvalue weighted by Crippen LogP contribution is -2.42. The Labute approximate surface area is 122 Å². The van der Waals surface area contributed by atoms with Crippen molar-refractivity contribution >= 4 is 23.1 Å². The summed E-state index contributed by atoms with van der Waals surface area (Å²) in [6.45, 7) is 2.78. The third-order valence-electron chi connectivity index (χ3n) is 4.61. The number of amidine groups is 1. The van der Waals surface area contributed by atoms with E-state index in [1.165, 1.54) is 17.8 Å². The van der Waals surface area contributed by atoms with Gasteiger partial charge in [0.2, 0.25) is 5.91 Å². The molecule has 108 valence electrons. The number of carbonyl (C=O) groups is 1. The van der Waals surface area contributed by atoms with Crippen molar-refractivity contribution in [2.45, 2.75) is 38.4 Å². The van der Waals surface area contributed by atoms with Gasteiger partial charge in [0.15, 0.2) is 0 Å². The highest BCUT2D eigenvalue weighted by Crippen LogP contribution is 2.58. The highest BCUT2D eigenvalue weighted by atomic mass is 32.1. The summed E-state index contributed by atoms with van der Waals surface area (Å²) in [5.74, 6) is 0.190. The monoisotopic (exact) mass is 292 g/mol. The van der Waals surface area contributed by atoms with E-state index in [1.54, 1.807) is 0 Å². The predicted molar refractivity (Wildman–Crippen MR) is 79.9 cm³/mol. The molecule has 1 aromatic rings. The van der Waals surface area contributed by atoms with E-state index in [4.69, 9.17) is 11.1 Å². The number of hydrogen-bond donors (Lipinski definition) is 3. The molecule has 1 aliphatic carbocycles. The quantitative estimate of drug-likeness (QED) is 0.575. The molecule has 0 spiro atoms. The third-order valence-corrected chi connectivity index (χ3v) is 5.73. The first-order valence-electron chi connectivity index (χ1n) is 6.83. The van der Waals surface area contributed by atoms with Gasteiger partial charge in [0.05, 0.1) is 17.5 Å². The van der Waals surface area contributed by atoms with Crippen LogP contribution in [0.4, 0.5) is 0 Å². The van der Waals surface area contributed by atoms with Crippen molar-refractivity contribution in [2.75, 3.05) is 7.05 Å². The molecule has 1 aliphatic heterocycles. The van der Waals surface area contributed by atoms with Crippen LogP contribution in [-0.4, -0.2) is 35.8 Å². The third kappa shape index (κ3) is 2.23. The molecule has 3 atom stereocenters. The highest BCUT2D eigenvalue weighted by Gasteiger charge is 2.61. The van der Waals surface area contributed by atoms with Crippen molar-refractivity contribution in [2.24, 2.45) is 11.1 Å². The molecule has 1 saturated carbocycles. The number of nitrogens with zero attached hydrogens (tertiary/aromatic N) is 1.